The standard InChI is InChI=1S/C20H19NO4/c1-4-13-9-10-17(23-2)14(11-13)12-16-20(22)25-19(21-16)15-7-5-6-8-18(15)24-3/h5-12H,4H2,1-3H3/b16-12+. The molecule has 0 fully saturated rings. The van der Waals surface area contributed by atoms with Crippen molar-refractivity contribution in [3.63, 3.8) is 0 Å². The van der Waals surface area contributed by atoms with Gasteiger partial charge in [-0.1, -0.05) is 25.1 Å². The summed E-state index contributed by atoms with van der Waals surface area (Å²) in [6.07, 6.45) is 2.57. The third kappa shape index (κ3) is 3.40. The van der Waals surface area contributed by atoms with Gasteiger partial charge in [0.25, 0.3) is 0 Å². The van der Waals surface area contributed by atoms with E-state index in [4.69, 9.17) is 14.2 Å². The van der Waals surface area contributed by atoms with Crippen LogP contribution in [0.4, 0.5) is 0 Å². The van der Waals surface area contributed by atoms with E-state index in [0.717, 1.165) is 17.5 Å². The molecule has 0 radical (unpaired) electrons. The van der Waals surface area contributed by atoms with Gasteiger partial charge in [0.1, 0.15) is 11.5 Å². The minimum Gasteiger partial charge on any atom is -0.496 e. The molecule has 1 heterocycles. The zero-order valence-corrected chi connectivity index (χ0v) is 14.4. The Balaban J connectivity index is 2.02. The number of nitrogens with zero attached hydrogens (tertiary/aromatic N) is 1. The molecule has 2 aromatic carbocycles. The third-order valence-electron chi connectivity index (χ3n) is 3.95. The number of ether oxygens (including phenoxy) is 3. The second kappa shape index (κ2) is 7.21. The zero-order chi connectivity index (χ0) is 17.8. The summed E-state index contributed by atoms with van der Waals surface area (Å²) >= 11 is 0. The van der Waals surface area contributed by atoms with E-state index in [1.54, 1.807) is 32.4 Å². The van der Waals surface area contributed by atoms with Crippen molar-refractivity contribution in [2.24, 2.45) is 4.99 Å². The number of para-hydroxylation sites is 1. The molecule has 1 aliphatic rings. The van der Waals surface area contributed by atoms with Crippen molar-refractivity contribution in [1.82, 2.24) is 0 Å². The van der Waals surface area contributed by atoms with Crippen molar-refractivity contribution in [2.75, 3.05) is 14.2 Å². The molecule has 5 heteroatoms. The smallest absolute Gasteiger partial charge is 0.363 e. The van der Waals surface area contributed by atoms with Crippen molar-refractivity contribution >= 4 is 17.9 Å². The summed E-state index contributed by atoms with van der Waals surface area (Å²) in [5, 5.41) is 0. The van der Waals surface area contributed by atoms with Crippen LogP contribution in [0.25, 0.3) is 6.08 Å². The van der Waals surface area contributed by atoms with E-state index in [1.807, 2.05) is 30.3 Å². The maximum absolute atomic E-state index is 12.2. The van der Waals surface area contributed by atoms with Crippen LogP contribution >= 0.6 is 0 Å². The monoisotopic (exact) mass is 337 g/mol. The van der Waals surface area contributed by atoms with Gasteiger partial charge in [-0.3, -0.25) is 0 Å². The molecule has 0 atom stereocenters. The highest BCUT2D eigenvalue weighted by molar-refractivity contribution is 6.13. The predicted molar refractivity (Wildman–Crippen MR) is 96.0 cm³/mol. The molecule has 0 spiro atoms. The molecular weight excluding hydrogens is 318 g/mol. The Hall–Kier alpha value is -3.08. The van der Waals surface area contributed by atoms with Gasteiger partial charge in [-0.05, 0) is 42.3 Å². The van der Waals surface area contributed by atoms with Gasteiger partial charge in [0.15, 0.2) is 5.70 Å². The summed E-state index contributed by atoms with van der Waals surface area (Å²) in [7, 11) is 3.16. The maximum atomic E-state index is 12.2. The second-order valence-corrected chi connectivity index (χ2v) is 5.47. The average Bonchev–Trinajstić information content (AvgIpc) is 3.02. The highest BCUT2D eigenvalue weighted by atomic mass is 16.6. The number of carbonyl (C=O) groups is 1. The summed E-state index contributed by atoms with van der Waals surface area (Å²) in [6.45, 7) is 2.07. The topological polar surface area (TPSA) is 57.1 Å². The van der Waals surface area contributed by atoms with Crippen LogP contribution in [0.5, 0.6) is 11.5 Å². The highest BCUT2D eigenvalue weighted by Gasteiger charge is 2.26. The molecule has 2 aromatic rings. The minimum absolute atomic E-state index is 0.229. The lowest BCUT2D eigenvalue weighted by Crippen LogP contribution is -2.06. The van der Waals surface area contributed by atoms with E-state index in [9.17, 15) is 4.79 Å². The van der Waals surface area contributed by atoms with Gasteiger partial charge < -0.3 is 14.2 Å². The van der Waals surface area contributed by atoms with Crippen molar-refractivity contribution < 1.29 is 19.0 Å². The number of aryl methyl sites for hydroxylation is 1. The normalized spacial score (nSPS) is 15.1. The van der Waals surface area contributed by atoms with Gasteiger partial charge in [-0.15, -0.1) is 0 Å². The molecule has 0 aromatic heterocycles. The Morgan fingerprint density at radius 1 is 1.08 bits per heavy atom. The largest absolute Gasteiger partial charge is 0.496 e. The number of aliphatic imine (C=N–C) groups is 1. The van der Waals surface area contributed by atoms with Crippen LogP contribution in [0.15, 0.2) is 53.2 Å². The van der Waals surface area contributed by atoms with Crippen LogP contribution in [0.2, 0.25) is 0 Å². The van der Waals surface area contributed by atoms with E-state index in [-0.39, 0.29) is 11.6 Å². The lowest BCUT2D eigenvalue weighted by atomic mass is 10.1. The Morgan fingerprint density at radius 2 is 1.84 bits per heavy atom. The first-order valence-corrected chi connectivity index (χ1v) is 7.99. The van der Waals surface area contributed by atoms with Gasteiger partial charge in [0.2, 0.25) is 5.90 Å². The van der Waals surface area contributed by atoms with Gasteiger partial charge >= 0.3 is 5.97 Å². The Labute approximate surface area is 146 Å². The van der Waals surface area contributed by atoms with Gasteiger partial charge in [0, 0.05) is 5.56 Å². The van der Waals surface area contributed by atoms with E-state index in [2.05, 4.69) is 11.9 Å². The van der Waals surface area contributed by atoms with E-state index >= 15 is 0 Å². The number of benzene rings is 2. The minimum atomic E-state index is -0.495. The number of methoxy groups -OCH3 is 2. The highest BCUT2D eigenvalue weighted by Crippen LogP contribution is 2.28. The van der Waals surface area contributed by atoms with Gasteiger partial charge in [-0.2, -0.15) is 0 Å². The molecule has 128 valence electrons. The first kappa shape index (κ1) is 16.8. The molecular formula is C20H19NO4. The van der Waals surface area contributed by atoms with Crippen LogP contribution in [-0.4, -0.2) is 26.1 Å². The zero-order valence-electron chi connectivity index (χ0n) is 14.4. The Kier molecular flexibility index (Phi) is 4.84. The van der Waals surface area contributed by atoms with E-state index in [0.29, 0.717) is 17.1 Å². The van der Waals surface area contributed by atoms with Gasteiger partial charge in [0.05, 0.1) is 19.8 Å². The number of hydrogen-bond donors (Lipinski definition) is 0. The summed E-state index contributed by atoms with van der Waals surface area (Å²) < 4.78 is 16.0. The maximum Gasteiger partial charge on any atom is 0.363 e. The molecule has 25 heavy (non-hydrogen) atoms. The molecule has 0 unspecified atom stereocenters. The fourth-order valence-electron chi connectivity index (χ4n) is 2.61. The molecule has 5 nitrogen and oxygen atoms in total. The molecule has 3 rings (SSSR count). The quantitative estimate of drug-likeness (QED) is 0.618. The average molecular weight is 337 g/mol. The van der Waals surface area contributed by atoms with Gasteiger partial charge in [-0.25, -0.2) is 9.79 Å². The number of carbonyl (C=O) groups excluding carboxylic acids is 1. The molecule has 0 saturated carbocycles. The van der Waals surface area contributed by atoms with Crippen LogP contribution in [-0.2, 0) is 16.0 Å². The molecule has 0 bridgehead atoms. The van der Waals surface area contributed by atoms with Crippen LogP contribution in [0.1, 0.15) is 23.6 Å². The Bertz CT molecular complexity index is 868. The van der Waals surface area contributed by atoms with Crippen LogP contribution in [0.3, 0.4) is 0 Å². The SMILES string of the molecule is CCc1ccc(OC)c(/C=C2/N=C(c3ccccc3OC)OC2=O)c1. The second-order valence-electron chi connectivity index (χ2n) is 5.47. The predicted octanol–water partition coefficient (Wildman–Crippen LogP) is 3.61. The van der Waals surface area contributed by atoms with Crippen molar-refractivity contribution in [1.29, 1.82) is 0 Å². The number of rotatable bonds is 5. The van der Waals surface area contributed by atoms with Crippen molar-refractivity contribution in [2.45, 2.75) is 13.3 Å². The van der Waals surface area contributed by atoms with Crippen LogP contribution in [0, 0.1) is 0 Å². The third-order valence-corrected chi connectivity index (χ3v) is 3.95. The molecule has 1 aliphatic heterocycles. The van der Waals surface area contributed by atoms with Crippen molar-refractivity contribution in [3.05, 3.63) is 64.9 Å². The number of cyclic esters (lactones) is 1. The van der Waals surface area contributed by atoms with Crippen LogP contribution < -0.4 is 9.47 Å². The van der Waals surface area contributed by atoms with Crippen molar-refractivity contribution in [3.8, 4) is 11.5 Å². The molecule has 0 aliphatic carbocycles. The first-order chi connectivity index (χ1) is 12.2. The lowest BCUT2D eigenvalue weighted by molar-refractivity contribution is -0.129. The fourth-order valence-corrected chi connectivity index (χ4v) is 2.61. The summed E-state index contributed by atoms with van der Waals surface area (Å²) in [5.41, 5.74) is 2.80. The van der Waals surface area contributed by atoms with E-state index < -0.39 is 5.97 Å². The lowest BCUT2D eigenvalue weighted by Gasteiger charge is -2.06. The number of hydrogen-bond acceptors (Lipinski definition) is 5. The molecule has 0 N–H and O–H groups in total. The summed E-state index contributed by atoms with van der Waals surface area (Å²) in [5.74, 6) is 1.02. The molecule has 0 saturated heterocycles. The first-order valence-electron chi connectivity index (χ1n) is 7.99. The number of esters is 1. The Morgan fingerprint density at radius 3 is 2.56 bits per heavy atom. The fraction of sp³-hybridized carbons (Fsp3) is 0.200. The van der Waals surface area contributed by atoms with E-state index in [1.165, 1.54) is 0 Å². The molecule has 0 amide bonds. The summed E-state index contributed by atoms with van der Waals surface area (Å²) in [4.78, 5) is 16.6. The summed E-state index contributed by atoms with van der Waals surface area (Å²) in [6, 6.07) is 13.1.